The number of benzene rings is 1. The zero-order valence-corrected chi connectivity index (χ0v) is 22.0. The van der Waals surface area contributed by atoms with Gasteiger partial charge in [0.1, 0.15) is 5.75 Å². The molecule has 3 rings (SSSR count). The predicted molar refractivity (Wildman–Crippen MR) is 136 cm³/mol. The fourth-order valence-electron chi connectivity index (χ4n) is 4.10. The maximum Gasteiger partial charge on any atom is 0.490 e. The molecular formula is C26H39F3N4O5. The summed E-state index contributed by atoms with van der Waals surface area (Å²) < 4.78 is 37.5. The van der Waals surface area contributed by atoms with Crippen molar-refractivity contribution in [2.75, 3.05) is 65.5 Å². The van der Waals surface area contributed by atoms with E-state index in [1.54, 1.807) is 0 Å². The summed E-state index contributed by atoms with van der Waals surface area (Å²) in [7, 11) is 0. The summed E-state index contributed by atoms with van der Waals surface area (Å²) in [5, 5.41) is 10.4. The Bertz CT molecular complexity index is 871. The van der Waals surface area contributed by atoms with Gasteiger partial charge in [-0.05, 0) is 56.6 Å². The van der Waals surface area contributed by atoms with Gasteiger partial charge in [-0.1, -0.05) is 13.3 Å². The molecule has 0 unspecified atom stereocenters. The minimum Gasteiger partial charge on any atom is -0.494 e. The van der Waals surface area contributed by atoms with Crippen LogP contribution in [0.4, 0.5) is 13.2 Å². The van der Waals surface area contributed by atoms with Gasteiger partial charge in [0.15, 0.2) is 0 Å². The minimum absolute atomic E-state index is 0.00702. The first-order chi connectivity index (χ1) is 18.1. The molecule has 1 aromatic rings. The molecule has 12 heteroatoms. The number of unbranched alkanes of at least 4 members (excludes halogenated alkanes) is 1. The highest BCUT2D eigenvalue weighted by Crippen LogP contribution is 2.16. The molecule has 2 heterocycles. The Labute approximate surface area is 221 Å². The summed E-state index contributed by atoms with van der Waals surface area (Å²) in [5.74, 6) is -1.83. The van der Waals surface area contributed by atoms with E-state index in [0.717, 1.165) is 64.4 Å². The highest BCUT2D eigenvalue weighted by atomic mass is 19.4. The SMILES string of the molecule is CCCCOc1ccc(C(=O)N(CCC(=O)N2CCNCC2)CCN2CCCC2)cc1.O=C(O)C(F)(F)F. The highest BCUT2D eigenvalue weighted by Gasteiger charge is 2.38. The van der Waals surface area contributed by atoms with Crippen molar-refractivity contribution in [3.05, 3.63) is 29.8 Å². The van der Waals surface area contributed by atoms with E-state index in [9.17, 15) is 22.8 Å². The quantitative estimate of drug-likeness (QED) is 0.413. The number of halogens is 3. The number of ether oxygens (including phenoxy) is 1. The lowest BCUT2D eigenvalue weighted by atomic mass is 10.1. The number of carbonyl (C=O) groups excluding carboxylic acids is 2. The minimum atomic E-state index is -5.08. The molecule has 1 aromatic carbocycles. The second kappa shape index (κ2) is 16.2. The van der Waals surface area contributed by atoms with Gasteiger partial charge in [0.05, 0.1) is 6.61 Å². The van der Waals surface area contributed by atoms with Crippen LogP contribution in [0.1, 0.15) is 49.4 Å². The molecule has 2 N–H and O–H groups in total. The Hall–Kier alpha value is -2.86. The highest BCUT2D eigenvalue weighted by molar-refractivity contribution is 5.94. The molecule has 0 aromatic heterocycles. The third kappa shape index (κ3) is 11.3. The number of aliphatic carboxylic acids is 1. The first kappa shape index (κ1) is 31.4. The molecule has 2 aliphatic rings. The van der Waals surface area contributed by atoms with Crippen LogP contribution in [0, 0.1) is 0 Å². The van der Waals surface area contributed by atoms with Gasteiger partial charge >= 0.3 is 12.1 Å². The Morgan fingerprint density at radius 2 is 1.63 bits per heavy atom. The van der Waals surface area contributed by atoms with Crippen molar-refractivity contribution in [3.63, 3.8) is 0 Å². The van der Waals surface area contributed by atoms with Gasteiger partial charge in [-0.15, -0.1) is 0 Å². The molecular weight excluding hydrogens is 505 g/mol. The number of likely N-dealkylation sites (tertiary alicyclic amines) is 1. The predicted octanol–water partition coefficient (Wildman–Crippen LogP) is 2.86. The van der Waals surface area contributed by atoms with Crippen LogP contribution in [0.5, 0.6) is 5.75 Å². The lowest BCUT2D eigenvalue weighted by Crippen LogP contribution is -2.47. The standard InChI is InChI=1S/C24H38N4O3.C2HF3O2/c1-2-3-20-31-22-8-6-21(7-9-22)24(30)28(19-18-26-13-4-5-14-26)15-10-23(29)27-16-11-25-12-17-27;3-2(4,5)1(6)7/h6-9,25H,2-5,10-20H2,1H3;(H,6,7). The van der Waals surface area contributed by atoms with Crippen LogP contribution in [0.2, 0.25) is 0 Å². The number of amides is 2. The van der Waals surface area contributed by atoms with Crippen molar-refractivity contribution in [3.8, 4) is 5.75 Å². The lowest BCUT2D eigenvalue weighted by Gasteiger charge is -2.29. The molecule has 38 heavy (non-hydrogen) atoms. The van der Waals surface area contributed by atoms with Crippen molar-refractivity contribution < 1.29 is 37.4 Å². The molecule has 0 bridgehead atoms. The maximum atomic E-state index is 13.2. The lowest BCUT2D eigenvalue weighted by molar-refractivity contribution is -0.192. The molecule has 2 fully saturated rings. The van der Waals surface area contributed by atoms with Crippen molar-refractivity contribution in [2.45, 2.75) is 45.2 Å². The van der Waals surface area contributed by atoms with Gasteiger partial charge in [0.25, 0.3) is 5.91 Å². The van der Waals surface area contributed by atoms with Crippen LogP contribution < -0.4 is 10.1 Å². The van der Waals surface area contributed by atoms with Crippen LogP contribution in [0.15, 0.2) is 24.3 Å². The van der Waals surface area contributed by atoms with Crippen LogP contribution in [-0.2, 0) is 9.59 Å². The van der Waals surface area contributed by atoms with E-state index in [1.807, 2.05) is 34.1 Å². The second-order valence-corrected chi connectivity index (χ2v) is 9.25. The van der Waals surface area contributed by atoms with Gasteiger partial charge < -0.3 is 29.9 Å². The van der Waals surface area contributed by atoms with Gasteiger partial charge in [-0.25, -0.2) is 4.79 Å². The summed E-state index contributed by atoms with van der Waals surface area (Å²) in [6.07, 6.45) is -0.130. The van der Waals surface area contributed by atoms with Crippen LogP contribution in [-0.4, -0.2) is 109 Å². The zero-order valence-electron chi connectivity index (χ0n) is 22.0. The molecule has 214 valence electrons. The second-order valence-electron chi connectivity index (χ2n) is 9.25. The number of nitrogens with one attached hydrogen (secondary N) is 1. The molecule has 0 atom stereocenters. The smallest absolute Gasteiger partial charge is 0.490 e. The molecule has 2 saturated heterocycles. The van der Waals surface area contributed by atoms with Crippen molar-refractivity contribution in [1.29, 1.82) is 0 Å². The fraction of sp³-hybridized carbons (Fsp3) is 0.654. The first-order valence-electron chi connectivity index (χ1n) is 13.1. The Balaban J connectivity index is 0.000000638. The van der Waals surface area contributed by atoms with Crippen molar-refractivity contribution >= 4 is 17.8 Å². The largest absolute Gasteiger partial charge is 0.494 e. The molecule has 0 aliphatic carbocycles. The van der Waals surface area contributed by atoms with E-state index < -0.39 is 12.1 Å². The molecule has 0 spiro atoms. The van der Waals surface area contributed by atoms with Crippen LogP contribution in [0.3, 0.4) is 0 Å². The zero-order chi connectivity index (χ0) is 28.0. The summed E-state index contributed by atoms with van der Waals surface area (Å²) in [4.78, 5) is 40.9. The fourth-order valence-corrected chi connectivity index (χ4v) is 4.10. The van der Waals surface area contributed by atoms with Gasteiger partial charge in [-0.3, -0.25) is 9.59 Å². The van der Waals surface area contributed by atoms with E-state index in [-0.39, 0.29) is 11.8 Å². The van der Waals surface area contributed by atoms with Crippen LogP contribution in [0.25, 0.3) is 0 Å². The third-order valence-corrected chi connectivity index (χ3v) is 6.35. The average molecular weight is 545 g/mol. The van der Waals surface area contributed by atoms with Crippen LogP contribution >= 0.6 is 0 Å². The van der Waals surface area contributed by atoms with E-state index in [4.69, 9.17) is 14.6 Å². The monoisotopic (exact) mass is 544 g/mol. The number of hydrogen-bond acceptors (Lipinski definition) is 6. The molecule has 2 aliphatic heterocycles. The Morgan fingerprint density at radius 3 is 2.18 bits per heavy atom. The van der Waals surface area contributed by atoms with E-state index >= 15 is 0 Å². The number of hydrogen-bond donors (Lipinski definition) is 2. The van der Waals surface area contributed by atoms with Gasteiger partial charge in [0.2, 0.25) is 5.91 Å². The molecule has 0 saturated carbocycles. The maximum absolute atomic E-state index is 13.2. The summed E-state index contributed by atoms with van der Waals surface area (Å²) in [6.45, 7) is 10.2. The topological polar surface area (TPSA) is 102 Å². The molecule has 9 nitrogen and oxygen atoms in total. The Morgan fingerprint density at radius 1 is 1.03 bits per heavy atom. The van der Waals surface area contributed by atoms with Crippen molar-refractivity contribution in [2.24, 2.45) is 0 Å². The number of carbonyl (C=O) groups is 3. The van der Waals surface area contributed by atoms with Gasteiger partial charge in [-0.2, -0.15) is 13.2 Å². The summed E-state index contributed by atoms with van der Waals surface area (Å²) >= 11 is 0. The summed E-state index contributed by atoms with van der Waals surface area (Å²) in [5.41, 5.74) is 0.652. The molecule has 0 radical (unpaired) electrons. The molecule has 2 amide bonds. The summed E-state index contributed by atoms with van der Waals surface area (Å²) in [6, 6.07) is 7.41. The number of carboxylic acid groups (broad SMARTS) is 1. The Kier molecular flexibility index (Phi) is 13.4. The average Bonchev–Trinajstić information content (AvgIpc) is 3.43. The van der Waals surface area contributed by atoms with E-state index in [0.29, 0.717) is 31.7 Å². The third-order valence-electron chi connectivity index (χ3n) is 6.35. The van der Waals surface area contributed by atoms with Gasteiger partial charge in [0, 0.05) is 57.8 Å². The first-order valence-corrected chi connectivity index (χ1v) is 13.1. The number of alkyl halides is 3. The van der Waals surface area contributed by atoms with E-state index in [2.05, 4.69) is 17.1 Å². The number of nitrogens with zero attached hydrogens (tertiary/aromatic N) is 3. The van der Waals surface area contributed by atoms with Crippen molar-refractivity contribution in [1.82, 2.24) is 20.0 Å². The van der Waals surface area contributed by atoms with E-state index in [1.165, 1.54) is 12.8 Å². The number of piperazine rings is 1. The normalized spacial score (nSPS) is 15.9. The number of carboxylic acids is 1. The number of rotatable bonds is 11.